The zero-order valence-corrected chi connectivity index (χ0v) is 12.1. The number of amides is 1. The van der Waals surface area contributed by atoms with Gasteiger partial charge in [0.2, 0.25) is 5.91 Å². The van der Waals surface area contributed by atoms with Crippen molar-refractivity contribution >= 4 is 5.91 Å². The molecule has 4 nitrogen and oxygen atoms in total. The van der Waals surface area contributed by atoms with Gasteiger partial charge in [-0.1, -0.05) is 0 Å². The molecule has 1 amide bonds. The van der Waals surface area contributed by atoms with Crippen molar-refractivity contribution in [2.75, 3.05) is 13.2 Å². The first-order chi connectivity index (χ1) is 9.68. The third-order valence-corrected chi connectivity index (χ3v) is 6.48. The first-order valence-electron chi connectivity index (χ1n) is 8.35. The van der Waals surface area contributed by atoms with Gasteiger partial charge in [0, 0.05) is 13.2 Å². The van der Waals surface area contributed by atoms with Gasteiger partial charge in [0.1, 0.15) is 5.54 Å². The molecule has 0 spiro atoms. The molecule has 0 aromatic heterocycles. The number of rotatable bonds is 4. The molecule has 1 aliphatic heterocycles. The minimum atomic E-state index is -0.431. The molecule has 0 radical (unpaired) electrons. The number of hydrogen-bond acceptors (Lipinski definition) is 3. The molecule has 1 heterocycles. The number of nitrogens with one attached hydrogen (secondary N) is 1. The lowest BCUT2D eigenvalue weighted by atomic mass is 9.48. The summed E-state index contributed by atoms with van der Waals surface area (Å²) in [5.41, 5.74) is 5.46. The van der Waals surface area contributed by atoms with Crippen molar-refractivity contribution in [1.82, 2.24) is 5.32 Å². The predicted molar refractivity (Wildman–Crippen MR) is 75.9 cm³/mol. The Labute approximate surface area is 120 Å². The van der Waals surface area contributed by atoms with E-state index in [9.17, 15) is 4.79 Å². The molecule has 0 aromatic rings. The van der Waals surface area contributed by atoms with Crippen LogP contribution in [-0.4, -0.2) is 30.7 Å². The van der Waals surface area contributed by atoms with Crippen LogP contribution in [0.1, 0.15) is 44.9 Å². The van der Waals surface area contributed by atoms with Crippen molar-refractivity contribution in [3.63, 3.8) is 0 Å². The molecule has 5 aliphatic rings. The fourth-order valence-corrected chi connectivity index (χ4v) is 5.79. The maximum atomic E-state index is 12.3. The van der Waals surface area contributed by atoms with Crippen LogP contribution in [0.15, 0.2) is 0 Å². The molecule has 20 heavy (non-hydrogen) atoms. The first kappa shape index (κ1) is 13.1. The number of nitrogens with two attached hydrogens (primary N) is 1. The summed E-state index contributed by atoms with van der Waals surface area (Å²) in [5, 5.41) is 3.62. The highest BCUT2D eigenvalue weighted by Gasteiger charge is 2.60. The van der Waals surface area contributed by atoms with Gasteiger partial charge in [-0.15, -0.1) is 0 Å². The van der Waals surface area contributed by atoms with E-state index >= 15 is 0 Å². The molecule has 5 fully saturated rings. The largest absolute Gasteiger partial charge is 0.377 e. The van der Waals surface area contributed by atoms with Gasteiger partial charge in [-0.3, -0.25) is 4.79 Å². The zero-order chi connectivity index (χ0) is 13.7. The maximum absolute atomic E-state index is 12.3. The highest BCUT2D eigenvalue weighted by molar-refractivity contribution is 5.86. The zero-order valence-electron chi connectivity index (χ0n) is 12.1. The van der Waals surface area contributed by atoms with Crippen molar-refractivity contribution in [2.45, 2.75) is 56.6 Å². The van der Waals surface area contributed by atoms with E-state index < -0.39 is 5.54 Å². The molecule has 1 atom stereocenters. The van der Waals surface area contributed by atoms with Gasteiger partial charge >= 0.3 is 0 Å². The van der Waals surface area contributed by atoms with Crippen LogP contribution in [-0.2, 0) is 9.53 Å². The van der Waals surface area contributed by atoms with Gasteiger partial charge in [0.15, 0.2) is 0 Å². The summed E-state index contributed by atoms with van der Waals surface area (Å²) in [7, 11) is 0. The quantitative estimate of drug-likeness (QED) is 0.818. The van der Waals surface area contributed by atoms with Crippen LogP contribution in [0.4, 0.5) is 0 Å². The van der Waals surface area contributed by atoms with Crippen LogP contribution in [0.2, 0.25) is 0 Å². The van der Waals surface area contributed by atoms with Crippen molar-refractivity contribution in [3.8, 4) is 0 Å². The molecular weight excluding hydrogens is 252 g/mol. The minimum Gasteiger partial charge on any atom is -0.377 e. The molecule has 4 bridgehead atoms. The molecule has 4 heteroatoms. The van der Waals surface area contributed by atoms with Crippen LogP contribution >= 0.6 is 0 Å². The van der Waals surface area contributed by atoms with Gasteiger partial charge in [-0.25, -0.2) is 0 Å². The van der Waals surface area contributed by atoms with Gasteiger partial charge in [0.25, 0.3) is 0 Å². The number of carbonyl (C=O) groups is 1. The summed E-state index contributed by atoms with van der Waals surface area (Å²) in [6, 6.07) is 0. The fraction of sp³-hybridized carbons (Fsp3) is 0.938. The SMILES string of the molecule is NC(=O)C1(NCC2CCCO2)C2CC3CC(C2)CC1C3. The Morgan fingerprint density at radius 3 is 2.30 bits per heavy atom. The summed E-state index contributed by atoms with van der Waals surface area (Å²) < 4.78 is 5.71. The summed E-state index contributed by atoms with van der Waals surface area (Å²) in [5.74, 6) is 2.55. The van der Waals surface area contributed by atoms with Crippen molar-refractivity contribution in [3.05, 3.63) is 0 Å². The van der Waals surface area contributed by atoms with E-state index in [1.54, 1.807) is 0 Å². The van der Waals surface area contributed by atoms with E-state index in [1.807, 2.05) is 0 Å². The van der Waals surface area contributed by atoms with Gasteiger partial charge < -0.3 is 15.8 Å². The third kappa shape index (κ3) is 1.84. The average Bonchev–Trinajstić information content (AvgIpc) is 2.90. The molecule has 0 aromatic carbocycles. The van der Waals surface area contributed by atoms with Crippen LogP contribution in [0.3, 0.4) is 0 Å². The second-order valence-electron chi connectivity index (χ2n) is 7.55. The predicted octanol–water partition coefficient (Wildman–Crippen LogP) is 1.44. The molecular formula is C16H26N2O2. The van der Waals surface area contributed by atoms with E-state index in [-0.39, 0.29) is 12.0 Å². The number of hydrogen-bond donors (Lipinski definition) is 2. The van der Waals surface area contributed by atoms with Crippen LogP contribution in [0, 0.1) is 23.7 Å². The molecule has 4 saturated carbocycles. The molecule has 1 saturated heterocycles. The van der Waals surface area contributed by atoms with Crippen molar-refractivity contribution in [1.29, 1.82) is 0 Å². The maximum Gasteiger partial charge on any atom is 0.238 e. The summed E-state index contributed by atoms with van der Waals surface area (Å²) >= 11 is 0. The Hall–Kier alpha value is -0.610. The van der Waals surface area contributed by atoms with Crippen molar-refractivity contribution in [2.24, 2.45) is 29.4 Å². The standard InChI is InChI=1S/C16H26N2O2/c17-15(19)16(18-9-14-2-1-3-20-14)12-5-10-4-11(7-12)8-13(16)6-10/h10-14,18H,1-9H2,(H2,17,19). The summed E-state index contributed by atoms with van der Waals surface area (Å²) in [4.78, 5) is 12.3. The lowest BCUT2D eigenvalue weighted by Gasteiger charge is -2.60. The monoisotopic (exact) mass is 278 g/mol. The highest BCUT2D eigenvalue weighted by Crippen LogP contribution is 2.58. The molecule has 112 valence electrons. The lowest BCUT2D eigenvalue weighted by Crippen LogP contribution is -2.71. The molecule has 5 rings (SSSR count). The Morgan fingerprint density at radius 2 is 1.80 bits per heavy atom. The molecule has 4 aliphatic carbocycles. The van der Waals surface area contributed by atoms with Crippen molar-refractivity contribution < 1.29 is 9.53 Å². The topological polar surface area (TPSA) is 64.4 Å². The van der Waals surface area contributed by atoms with Crippen LogP contribution in [0.5, 0.6) is 0 Å². The van der Waals surface area contributed by atoms with Crippen LogP contribution < -0.4 is 11.1 Å². The van der Waals surface area contributed by atoms with E-state index in [0.29, 0.717) is 11.8 Å². The average molecular weight is 278 g/mol. The van der Waals surface area contributed by atoms with Crippen LogP contribution in [0.25, 0.3) is 0 Å². The lowest BCUT2D eigenvalue weighted by molar-refractivity contribution is -0.144. The van der Waals surface area contributed by atoms with E-state index in [1.165, 1.54) is 32.1 Å². The summed E-state index contributed by atoms with van der Waals surface area (Å²) in [6.45, 7) is 1.66. The molecule has 1 unspecified atom stereocenters. The van der Waals surface area contributed by atoms with Gasteiger partial charge in [0.05, 0.1) is 6.10 Å². The van der Waals surface area contributed by atoms with Gasteiger partial charge in [-0.05, 0) is 68.6 Å². The molecule has 3 N–H and O–H groups in total. The Kier molecular flexibility index (Phi) is 3.08. The second-order valence-corrected chi connectivity index (χ2v) is 7.55. The van der Waals surface area contributed by atoms with Gasteiger partial charge in [-0.2, -0.15) is 0 Å². The summed E-state index contributed by atoms with van der Waals surface area (Å²) in [6.07, 6.45) is 8.75. The van der Waals surface area contributed by atoms with E-state index in [0.717, 1.165) is 37.8 Å². The first-order valence-corrected chi connectivity index (χ1v) is 8.35. The minimum absolute atomic E-state index is 0.107. The number of primary amides is 1. The van der Waals surface area contributed by atoms with E-state index in [4.69, 9.17) is 10.5 Å². The Morgan fingerprint density at radius 1 is 1.15 bits per heavy atom. The van der Waals surface area contributed by atoms with E-state index in [2.05, 4.69) is 5.32 Å². The fourth-order valence-electron chi connectivity index (χ4n) is 5.79. The number of ether oxygens (including phenoxy) is 1. The highest BCUT2D eigenvalue weighted by atomic mass is 16.5. The smallest absolute Gasteiger partial charge is 0.238 e. The Balaban J connectivity index is 1.55. The third-order valence-electron chi connectivity index (χ3n) is 6.48. The Bertz CT molecular complexity index is 375. The number of carbonyl (C=O) groups excluding carboxylic acids is 1. The normalized spacial score (nSPS) is 49.7. The second kappa shape index (κ2) is 4.70.